The molecular weight excluding hydrogens is 434 g/mol. The molecule has 3 aromatic rings. The molecule has 172 valence electrons. The van der Waals surface area contributed by atoms with Crippen molar-refractivity contribution in [3.63, 3.8) is 0 Å². The number of benzene rings is 2. The molecular formula is C21H21N5O7. The molecule has 33 heavy (non-hydrogen) atoms. The molecule has 12 nitrogen and oxygen atoms in total. The Morgan fingerprint density at radius 3 is 2.52 bits per heavy atom. The van der Waals surface area contributed by atoms with E-state index in [-0.39, 0.29) is 28.6 Å². The molecule has 0 bridgehead atoms. The molecule has 0 aliphatic heterocycles. The minimum Gasteiger partial charge on any atom is -0.493 e. The first-order valence-corrected chi connectivity index (χ1v) is 9.60. The lowest BCUT2D eigenvalue weighted by Gasteiger charge is -2.14. The number of hydrazine groups is 1. The van der Waals surface area contributed by atoms with Gasteiger partial charge in [-0.25, -0.2) is 20.4 Å². The topological polar surface area (TPSA) is 203 Å². The van der Waals surface area contributed by atoms with Crippen molar-refractivity contribution in [3.8, 4) is 34.0 Å². The van der Waals surface area contributed by atoms with E-state index >= 15 is 0 Å². The van der Waals surface area contributed by atoms with E-state index in [1.165, 1.54) is 18.2 Å². The molecule has 0 saturated carbocycles. The standard InChI is InChI=1S/C21H21N5O7/c1-2-32-15-8-10(3-4-14(15)18-24-19(26-23)17(22)20(29)25-18)11-5-12(21(30)31)7-13(6-11)33-9-16(27)28/h3-8H,2,9,22-23H2,1H3,(H,27,28)(H,30,31)(H2,24,25,26,29). The maximum absolute atomic E-state index is 12.1. The summed E-state index contributed by atoms with van der Waals surface area (Å²) in [4.78, 5) is 41.3. The molecule has 0 aliphatic rings. The molecule has 0 radical (unpaired) electrons. The number of hydrogen-bond acceptors (Lipinski definition) is 9. The molecule has 0 fully saturated rings. The molecule has 0 saturated heterocycles. The van der Waals surface area contributed by atoms with Crippen LogP contribution < -0.4 is 32.0 Å². The van der Waals surface area contributed by atoms with Crippen LogP contribution in [0.25, 0.3) is 22.5 Å². The number of nitrogens with zero attached hydrogens (tertiary/aromatic N) is 1. The molecule has 1 heterocycles. The van der Waals surface area contributed by atoms with E-state index in [2.05, 4.69) is 15.4 Å². The zero-order chi connectivity index (χ0) is 24.1. The van der Waals surface area contributed by atoms with Gasteiger partial charge in [0.1, 0.15) is 23.0 Å². The van der Waals surface area contributed by atoms with Crippen molar-refractivity contribution in [1.29, 1.82) is 0 Å². The zero-order valence-electron chi connectivity index (χ0n) is 17.4. The number of aromatic carboxylic acids is 1. The van der Waals surface area contributed by atoms with Gasteiger partial charge in [0.2, 0.25) is 0 Å². The minimum absolute atomic E-state index is 0.00495. The van der Waals surface area contributed by atoms with Gasteiger partial charge >= 0.3 is 11.9 Å². The highest BCUT2D eigenvalue weighted by molar-refractivity contribution is 5.90. The van der Waals surface area contributed by atoms with Crippen molar-refractivity contribution >= 4 is 23.4 Å². The number of anilines is 2. The predicted molar refractivity (Wildman–Crippen MR) is 119 cm³/mol. The number of carboxylic acid groups (broad SMARTS) is 2. The fourth-order valence-corrected chi connectivity index (χ4v) is 3.01. The highest BCUT2D eigenvalue weighted by Crippen LogP contribution is 2.35. The number of aromatic amines is 1. The van der Waals surface area contributed by atoms with Crippen LogP contribution in [0.5, 0.6) is 11.5 Å². The van der Waals surface area contributed by atoms with Crippen LogP contribution in [-0.4, -0.2) is 45.3 Å². The lowest BCUT2D eigenvalue weighted by molar-refractivity contribution is -0.139. The number of nitrogens with two attached hydrogens (primary N) is 2. The van der Waals surface area contributed by atoms with Crippen LogP contribution in [0.2, 0.25) is 0 Å². The van der Waals surface area contributed by atoms with E-state index in [0.29, 0.717) is 29.0 Å². The number of aliphatic carboxylic acids is 1. The van der Waals surface area contributed by atoms with Gasteiger partial charge in [0.25, 0.3) is 5.56 Å². The minimum atomic E-state index is -1.20. The van der Waals surface area contributed by atoms with Crippen molar-refractivity contribution in [2.75, 3.05) is 24.4 Å². The second-order valence-electron chi connectivity index (χ2n) is 6.70. The van der Waals surface area contributed by atoms with Crippen LogP contribution in [0.4, 0.5) is 11.5 Å². The SMILES string of the molecule is CCOc1cc(-c2cc(OCC(=O)O)cc(C(=O)O)c2)ccc1-c1nc(NN)c(N)c(=O)[nH]1. The highest BCUT2D eigenvalue weighted by atomic mass is 16.5. The number of nitrogen functional groups attached to an aromatic ring is 2. The van der Waals surface area contributed by atoms with Crippen molar-refractivity contribution in [2.45, 2.75) is 6.92 Å². The second kappa shape index (κ2) is 9.70. The van der Waals surface area contributed by atoms with Gasteiger partial charge in [-0.1, -0.05) is 6.07 Å². The third-order valence-electron chi connectivity index (χ3n) is 4.48. The molecule has 0 aliphatic carbocycles. The smallest absolute Gasteiger partial charge is 0.341 e. The molecule has 12 heteroatoms. The van der Waals surface area contributed by atoms with Crippen LogP contribution in [0, 0.1) is 0 Å². The molecule has 1 aromatic heterocycles. The summed E-state index contributed by atoms with van der Waals surface area (Å²) >= 11 is 0. The molecule has 8 N–H and O–H groups in total. The lowest BCUT2D eigenvalue weighted by Crippen LogP contribution is -2.20. The first-order chi connectivity index (χ1) is 15.7. The van der Waals surface area contributed by atoms with Crippen molar-refractivity contribution < 1.29 is 29.3 Å². The summed E-state index contributed by atoms with van der Waals surface area (Å²) in [5.74, 6) is 3.56. The van der Waals surface area contributed by atoms with Crippen molar-refractivity contribution in [3.05, 3.63) is 52.3 Å². The van der Waals surface area contributed by atoms with Crippen molar-refractivity contribution in [1.82, 2.24) is 9.97 Å². The number of carbonyl (C=O) groups is 2. The van der Waals surface area contributed by atoms with Gasteiger partial charge in [0.15, 0.2) is 12.4 Å². The average Bonchev–Trinajstić information content (AvgIpc) is 2.79. The highest BCUT2D eigenvalue weighted by Gasteiger charge is 2.16. The summed E-state index contributed by atoms with van der Waals surface area (Å²) in [6.07, 6.45) is 0. The summed E-state index contributed by atoms with van der Waals surface area (Å²) in [7, 11) is 0. The van der Waals surface area contributed by atoms with Gasteiger partial charge in [0, 0.05) is 0 Å². The second-order valence-corrected chi connectivity index (χ2v) is 6.70. The number of H-pyrrole nitrogens is 1. The van der Waals surface area contributed by atoms with Gasteiger partial charge in [-0.05, 0) is 48.4 Å². The largest absolute Gasteiger partial charge is 0.493 e. The zero-order valence-corrected chi connectivity index (χ0v) is 17.4. The molecule has 0 atom stereocenters. The van der Waals surface area contributed by atoms with E-state index in [1.54, 1.807) is 25.1 Å². The molecule has 0 spiro atoms. The molecule has 0 unspecified atom stereocenters. The van der Waals surface area contributed by atoms with Crippen LogP contribution in [-0.2, 0) is 4.79 Å². The summed E-state index contributed by atoms with van der Waals surface area (Å²) in [5.41, 5.74) is 8.52. The van der Waals surface area contributed by atoms with Crippen LogP contribution >= 0.6 is 0 Å². The Labute approximate surface area is 186 Å². The number of rotatable bonds is 9. The van der Waals surface area contributed by atoms with Gasteiger partial charge in [-0.15, -0.1) is 0 Å². The fourth-order valence-electron chi connectivity index (χ4n) is 3.01. The molecule has 2 aromatic carbocycles. The van der Waals surface area contributed by atoms with Crippen LogP contribution in [0.3, 0.4) is 0 Å². The maximum Gasteiger partial charge on any atom is 0.341 e. The van der Waals surface area contributed by atoms with E-state index in [0.717, 1.165) is 0 Å². The monoisotopic (exact) mass is 455 g/mol. The Bertz CT molecular complexity index is 1270. The first-order valence-electron chi connectivity index (χ1n) is 9.60. The molecule has 3 rings (SSSR count). The van der Waals surface area contributed by atoms with E-state index in [4.69, 9.17) is 26.2 Å². The normalized spacial score (nSPS) is 10.5. The Kier molecular flexibility index (Phi) is 6.79. The number of ether oxygens (including phenoxy) is 2. The Morgan fingerprint density at radius 2 is 1.88 bits per heavy atom. The van der Waals surface area contributed by atoms with Crippen LogP contribution in [0.15, 0.2) is 41.2 Å². The van der Waals surface area contributed by atoms with Gasteiger partial charge in [-0.3, -0.25) is 4.79 Å². The number of hydrogen-bond donors (Lipinski definition) is 6. The summed E-state index contributed by atoms with van der Waals surface area (Å²) in [5, 5.41) is 18.3. The average molecular weight is 455 g/mol. The molecule has 0 amide bonds. The first kappa shape index (κ1) is 23.1. The van der Waals surface area contributed by atoms with Gasteiger partial charge in [-0.2, -0.15) is 0 Å². The Morgan fingerprint density at radius 1 is 1.12 bits per heavy atom. The van der Waals surface area contributed by atoms with Crippen LogP contribution in [0.1, 0.15) is 17.3 Å². The maximum atomic E-state index is 12.1. The predicted octanol–water partition coefficient (Wildman–Crippen LogP) is 1.53. The summed E-state index contributed by atoms with van der Waals surface area (Å²) in [6, 6.07) is 9.08. The third kappa shape index (κ3) is 5.19. The van der Waals surface area contributed by atoms with Gasteiger partial charge < -0.3 is 35.8 Å². The van der Waals surface area contributed by atoms with Crippen molar-refractivity contribution in [2.24, 2.45) is 5.84 Å². The van der Waals surface area contributed by atoms with E-state index in [9.17, 15) is 19.5 Å². The van der Waals surface area contributed by atoms with E-state index < -0.39 is 24.1 Å². The number of aromatic nitrogens is 2. The Hall–Kier alpha value is -4.58. The fraction of sp³-hybridized carbons (Fsp3) is 0.143. The summed E-state index contributed by atoms with van der Waals surface area (Å²) < 4.78 is 10.9. The quantitative estimate of drug-likeness (QED) is 0.202. The summed E-state index contributed by atoms with van der Waals surface area (Å²) in [6.45, 7) is 1.44. The number of nitrogens with one attached hydrogen (secondary N) is 2. The van der Waals surface area contributed by atoms with Gasteiger partial charge in [0.05, 0.1) is 17.7 Å². The van der Waals surface area contributed by atoms with E-state index in [1.807, 2.05) is 0 Å². The lowest BCUT2D eigenvalue weighted by atomic mass is 10.00. The Balaban J connectivity index is 2.12. The third-order valence-corrected chi connectivity index (χ3v) is 4.48. The number of carboxylic acids is 2.